The van der Waals surface area contributed by atoms with E-state index in [0.717, 1.165) is 44.9 Å². The Hall–Kier alpha value is -4.64. The Morgan fingerprint density at radius 1 is 0.867 bits per heavy atom. The number of primary amides is 1. The van der Waals surface area contributed by atoms with Gasteiger partial charge in [-0.2, -0.15) is 0 Å². The fourth-order valence-corrected chi connectivity index (χ4v) is 8.42. The van der Waals surface area contributed by atoms with Crippen molar-refractivity contribution in [2.75, 3.05) is 19.3 Å². The molecule has 0 saturated carbocycles. The molecule has 1 aliphatic rings. The van der Waals surface area contributed by atoms with Gasteiger partial charge in [0.05, 0.1) is 19.1 Å². The zero-order chi connectivity index (χ0) is 44.4. The van der Waals surface area contributed by atoms with E-state index in [1.165, 1.54) is 24.3 Å². The van der Waals surface area contributed by atoms with Crippen LogP contribution in [0.1, 0.15) is 96.7 Å². The Bertz CT molecular complexity index is 1770. The molecule has 18 nitrogen and oxygen atoms in total. The number of nitrogens with one attached hydrogen (secondary N) is 4. The van der Waals surface area contributed by atoms with Crippen molar-refractivity contribution in [1.82, 2.24) is 35.7 Å². The number of carbonyl (C=O) groups excluding carboxylic acids is 6. The summed E-state index contributed by atoms with van der Waals surface area (Å²) in [6.07, 6.45) is 10.8. The van der Waals surface area contributed by atoms with Gasteiger partial charge in [0.15, 0.2) is 0 Å². The van der Waals surface area contributed by atoms with Gasteiger partial charge in [0.2, 0.25) is 35.4 Å². The van der Waals surface area contributed by atoms with Gasteiger partial charge in [0, 0.05) is 38.3 Å². The first-order chi connectivity index (χ1) is 28.4. The van der Waals surface area contributed by atoms with Crippen molar-refractivity contribution >= 4 is 43.0 Å². The van der Waals surface area contributed by atoms with Crippen LogP contribution in [0, 0.1) is 11.8 Å². The highest BCUT2D eigenvalue weighted by molar-refractivity contribution is 7.51. The van der Waals surface area contributed by atoms with Gasteiger partial charge in [-0.25, -0.2) is 4.98 Å². The Labute approximate surface area is 352 Å². The number of unbranched alkanes of at least 4 members (excludes halogenated alkanes) is 5. The smallest absolute Gasteiger partial charge is 0.325 e. The zero-order valence-electron chi connectivity index (χ0n) is 35.3. The summed E-state index contributed by atoms with van der Waals surface area (Å²) in [5.74, 6) is -5.64. The maximum Gasteiger partial charge on any atom is 0.325 e. The molecule has 1 aromatic heterocycles. The molecule has 2 heterocycles. The van der Waals surface area contributed by atoms with Crippen molar-refractivity contribution in [3.63, 3.8) is 0 Å². The van der Waals surface area contributed by atoms with Crippen LogP contribution in [0.15, 0.2) is 42.9 Å². The van der Waals surface area contributed by atoms with E-state index < -0.39 is 86.0 Å². The Kier molecular flexibility index (Phi) is 20.4. The first-order valence-electron chi connectivity index (χ1n) is 20.9. The number of hydrogen-bond donors (Lipinski definition) is 8. The van der Waals surface area contributed by atoms with Crippen LogP contribution in [0.3, 0.4) is 0 Å². The van der Waals surface area contributed by atoms with Crippen molar-refractivity contribution in [2.24, 2.45) is 17.6 Å². The Morgan fingerprint density at radius 3 is 2.10 bits per heavy atom. The second-order valence-corrected chi connectivity index (χ2v) is 17.9. The summed E-state index contributed by atoms with van der Waals surface area (Å²) in [5.41, 5.74) is 7.35. The molecule has 1 saturated heterocycles. The highest BCUT2D eigenvalue weighted by atomic mass is 31.2. The van der Waals surface area contributed by atoms with Crippen LogP contribution in [0.2, 0.25) is 0 Å². The number of aryl methyl sites for hydroxylation is 2. The van der Waals surface area contributed by atoms with Gasteiger partial charge in [-0.3, -0.25) is 33.3 Å². The van der Waals surface area contributed by atoms with E-state index in [9.17, 15) is 48.2 Å². The molecule has 0 radical (unpaired) electrons. The first kappa shape index (κ1) is 49.7. The molecule has 1 aromatic carbocycles. The van der Waals surface area contributed by atoms with Crippen molar-refractivity contribution in [2.45, 2.75) is 135 Å². The maximum atomic E-state index is 14.0. The van der Waals surface area contributed by atoms with Crippen molar-refractivity contribution in [3.05, 3.63) is 54.1 Å². The van der Waals surface area contributed by atoms with Gasteiger partial charge in [0.25, 0.3) is 0 Å². The molecule has 6 amide bonds. The molecular formula is C41H65N8O10P. The molecule has 0 unspecified atom stereocenters. The predicted octanol–water partition coefficient (Wildman–Crippen LogP) is 1.30. The third-order valence-electron chi connectivity index (χ3n) is 10.6. The molecular weight excluding hydrogens is 795 g/mol. The Morgan fingerprint density at radius 2 is 1.48 bits per heavy atom. The van der Waals surface area contributed by atoms with Crippen LogP contribution in [0.5, 0.6) is 0 Å². The number of aliphatic hydroxyl groups excluding tert-OH is 1. The number of nitrogens with zero attached hydrogens (tertiary/aromatic N) is 3. The molecule has 0 bridgehead atoms. The van der Waals surface area contributed by atoms with Gasteiger partial charge < -0.3 is 51.4 Å². The summed E-state index contributed by atoms with van der Waals surface area (Å²) in [6, 6.07) is 3.97. The quantitative estimate of drug-likeness (QED) is 0.0493. The molecule has 0 aliphatic carbocycles. The lowest BCUT2D eigenvalue weighted by Crippen LogP contribution is -2.60. The van der Waals surface area contributed by atoms with Crippen molar-refractivity contribution < 1.29 is 48.2 Å². The fourth-order valence-electron chi connectivity index (χ4n) is 7.45. The minimum atomic E-state index is -4.61. The summed E-state index contributed by atoms with van der Waals surface area (Å²) in [6.45, 7) is 6.47. The van der Waals surface area contributed by atoms with Crippen molar-refractivity contribution in [1.29, 1.82) is 0 Å². The number of amides is 6. The fraction of sp³-hybridized carbons (Fsp3) is 0.634. The summed E-state index contributed by atoms with van der Waals surface area (Å²) >= 11 is 0. The molecule has 0 spiro atoms. The summed E-state index contributed by atoms with van der Waals surface area (Å²) in [5, 5.41) is 20.4. The number of hydrogen-bond acceptors (Lipinski definition) is 9. The lowest BCUT2D eigenvalue weighted by Gasteiger charge is -2.28. The van der Waals surface area contributed by atoms with Gasteiger partial charge in [-0.1, -0.05) is 76.8 Å². The highest BCUT2D eigenvalue weighted by Gasteiger charge is 2.37. The largest absolute Gasteiger partial charge is 0.394 e. The van der Waals surface area contributed by atoms with E-state index in [-0.39, 0.29) is 24.7 Å². The van der Waals surface area contributed by atoms with Crippen LogP contribution in [0.25, 0.3) is 0 Å². The maximum absolute atomic E-state index is 14.0. The van der Waals surface area contributed by atoms with Crippen LogP contribution in [-0.2, 0) is 52.7 Å². The van der Waals surface area contributed by atoms with Crippen LogP contribution < -0.4 is 27.0 Å². The number of aromatic nitrogens is 2. The number of likely N-dealkylation sites (tertiary alicyclic amines) is 1. The molecule has 19 heteroatoms. The first-order valence-corrected chi connectivity index (χ1v) is 22.7. The summed E-state index contributed by atoms with van der Waals surface area (Å²) < 4.78 is 13.5. The van der Waals surface area contributed by atoms with Gasteiger partial charge in [-0.05, 0) is 55.9 Å². The number of aliphatic hydroxyl groups is 1. The Balaban J connectivity index is 1.76. The second kappa shape index (κ2) is 24.6. The molecule has 6 atom stereocenters. The molecule has 1 fully saturated rings. The minimum absolute atomic E-state index is 0.0697. The lowest BCUT2D eigenvalue weighted by molar-refractivity contribution is -0.138. The number of imidazole rings is 1. The molecule has 9 N–H and O–H groups in total. The van der Waals surface area contributed by atoms with E-state index in [4.69, 9.17) is 5.73 Å². The van der Waals surface area contributed by atoms with E-state index in [1.807, 2.05) is 36.6 Å². The van der Waals surface area contributed by atoms with Gasteiger partial charge in [-0.15, -0.1) is 0 Å². The van der Waals surface area contributed by atoms with Crippen LogP contribution in [0.4, 0.5) is 0 Å². The second-order valence-electron chi connectivity index (χ2n) is 16.2. The van der Waals surface area contributed by atoms with Crippen molar-refractivity contribution in [3.8, 4) is 0 Å². The topological polar surface area (TPSA) is 275 Å². The third kappa shape index (κ3) is 16.8. The van der Waals surface area contributed by atoms with Gasteiger partial charge in [0.1, 0.15) is 30.2 Å². The van der Waals surface area contributed by atoms with E-state index >= 15 is 0 Å². The number of nitrogens with two attached hydrogens (primary N) is 1. The molecule has 334 valence electrons. The summed E-state index contributed by atoms with van der Waals surface area (Å²) in [4.78, 5) is 104. The van der Waals surface area contributed by atoms with E-state index in [1.54, 1.807) is 12.5 Å². The predicted molar refractivity (Wildman–Crippen MR) is 224 cm³/mol. The van der Waals surface area contributed by atoms with Crippen LogP contribution in [-0.4, -0.2) is 114 Å². The minimum Gasteiger partial charge on any atom is -0.394 e. The number of rotatable bonds is 26. The lowest BCUT2D eigenvalue weighted by atomic mass is 10.0. The molecule has 2 aromatic rings. The number of carbonyl (C=O) groups is 6. The standard InChI is InChI=1S/C41H65N8O10P/c1-27(2)21-32(45-41(56)35-18-14-20-49(35)29(4)51)38(53)44-33(39(54)46-34(24-50)40(55)47-36(37(42)52)28(3)25-60(57,58)59)22-31-23-43-26-48(31)19-13-8-6-5-7-10-15-30-16-11-9-12-17-30/h9,11-12,16-17,23,26-28,32-36,50H,5-8,10,13-15,18-22,24-25H2,1-4H3,(H2,42,52)(H,44,53)(H,45,56)(H,46,54)(H,47,55)(H2,57,58,59)/t28-,32-,33-,34-,35-,36-/m0/s1. The highest BCUT2D eigenvalue weighted by Crippen LogP contribution is 2.37. The van der Waals surface area contributed by atoms with E-state index in [2.05, 4.69) is 38.4 Å². The SMILES string of the molecule is CC(=O)N1CCC[C@H]1C(=O)N[C@@H](CC(C)C)C(=O)N[C@@H](Cc1cncn1CCCCCCCCc1ccccc1)C(=O)N[C@@H](CO)C(=O)N[C@H](C(N)=O)[C@@H](C)CP(=O)(O)O. The van der Waals surface area contributed by atoms with Crippen LogP contribution >= 0.6 is 7.60 Å². The average molecular weight is 861 g/mol. The molecule has 60 heavy (non-hydrogen) atoms. The summed E-state index contributed by atoms with van der Waals surface area (Å²) in [7, 11) is -4.61. The molecule has 1 aliphatic heterocycles. The zero-order valence-corrected chi connectivity index (χ0v) is 36.1. The third-order valence-corrected chi connectivity index (χ3v) is 11.7. The number of benzene rings is 1. The average Bonchev–Trinajstić information content (AvgIpc) is 3.86. The molecule has 3 rings (SSSR count). The van der Waals surface area contributed by atoms with Gasteiger partial charge >= 0.3 is 7.60 Å². The normalized spacial score (nSPS) is 16.7. The monoisotopic (exact) mass is 860 g/mol. The van der Waals surface area contributed by atoms with E-state index in [0.29, 0.717) is 31.6 Å².